The maximum atomic E-state index is 14.3. The molecular formula is C21H27F3N4O3Si. The van der Waals surface area contributed by atoms with Gasteiger partial charge < -0.3 is 24.3 Å². The molecule has 32 heavy (non-hydrogen) atoms. The molecule has 0 atom stereocenters. The number of anilines is 1. The Morgan fingerprint density at radius 3 is 2.69 bits per heavy atom. The zero-order valence-electron chi connectivity index (χ0n) is 18.3. The quantitative estimate of drug-likeness (QED) is 0.360. The number of rotatable bonds is 10. The number of fused-ring (bicyclic) bond motifs is 1. The molecule has 0 saturated heterocycles. The molecule has 7 nitrogen and oxygen atoms in total. The molecule has 11 heteroatoms. The molecule has 1 aromatic carbocycles. The lowest BCUT2D eigenvalue weighted by Crippen LogP contribution is -2.24. The number of halogens is 3. The van der Waals surface area contributed by atoms with Crippen molar-refractivity contribution in [3.8, 4) is 5.75 Å². The van der Waals surface area contributed by atoms with Crippen molar-refractivity contribution in [2.45, 2.75) is 45.4 Å². The van der Waals surface area contributed by atoms with Crippen LogP contribution in [0.2, 0.25) is 25.7 Å². The SMILES string of the molecule is C[Si](C)(C)CCOCn1c(Cn2cccc(N)c2=O)nc2c(OCC(F)F)cc(F)cc21. The lowest BCUT2D eigenvalue weighted by molar-refractivity contribution is 0.0823. The minimum atomic E-state index is -2.72. The number of nitrogens with two attached hydrogens (primary N) is 1. The average Bonchev–Trinajstić information content (AvgIpc) is 3.03. The molecule has 2 aromatic heterocycles. The molecule has 0 spiro atoms. The van der Waals surface area contributed by atoms with Crippen LogP contribution in [0.1, 0.15) is 5.82 Å². The van der Waals surface area contributed by atoms with Crippen LogP contribution in [-0.2, 0) is 18.0 Å². The van der Waals surface area contributed by atoms with Gasteiger partial charge in [0.25, 0.3) is 12.0 Å². The summed E-state index contributed by atoms with van der Waals surface area (Å²) in [4.78, 5) is 16.9. The zero-order valence-corrected chi connectivity index (χ0v) is 19.3. The van der Waals surface area contributed by atoms with Gasteiger partial charge in [-0.1, -0.05) is 19.6 Å². The van der Waals surface area contributed by atoms with Gasteiger partial charge in [0, 0.05) is 33.0 Å². The van der Waals surface area contributed by atoms with Crippen LogP contribution in [0.25, 0.3) is 11.0 Å². The number of pyridine rings is 1. The van der Waals surface area contributed by atoms with Gasteiger partial charge in [-0.05, 0) is 18.2 Å². The zero-order chi connectivity index (χ0) is 23.5. The van der Waals surface area contributed by atoms with E-state index >= 15 is 0 Å². The second-order valence-electron chi connectivity index (χ2n) is 8.67. The molecule has 0 unspecified atom stereocenters. The molecule has 3 aromatic rings. The molecule has 0 aliphatic rings. The van der Waals surface area contributed by atoms with Gasteiger partial charge in [0.05, 0.1) is 17.7 Å². The number of aromatic nitrogens is 3. The van der Waals surface area contributed by atoms with Crippen LogP contribution >= 0.6 is 0 Å². The Bertz CT molecular complexity index is 1140. The molecule has 3 rings (SSSR count). The van der Waals surface area contributed by atoms with Gasteiger partial charge in [0.2, 0.25) is 0 Å². The molecule has 0 saturated carbocycles. The van der Waals surface area contributed by atoms with E-state index in [9.17, 15) is 18.0 Å². The van der Waals surface area contributed by atoms with Crippen molar-refractivity contribution >= 4 is 24.8 Å². The van der Waals surface area contributed by atoms with E-state index in [2.05, 4.69) is 24.6 Å². The summed E-state index contributed by atoms with van der Waals surface area (Å²) in [6, 6.07) is 6.31. The second kappa shape index (κ2) is 9.78. The third-order valence-corrected chi connectivity index (χ3v) is 6.51. The number of ether oxygens (including phenoxy) is 2. The maximum absolute atomic E-state index is 14.3. The Labute approximate surface area is 184 Å². The molecule has 0 aliphatic heterocycles. The number of imidazole rings is 1. The average molecular weight is 469 g/mol. The summed E-state index contributed by atoms with van der Waals surface area (Å²) in [7, 11) is -1.32. The van der Waals surface area contributed by atoms with E-state index in [0.717, 1.165) is 12.1 Å². The van der Waals surface area contributed by atoms with Crippen molar-refractivity contribution in [3.63, 3.8) is 0 Å². The minimum Gasteiger partial charge on any atom is -0.485 e. The van der Waals surface area contributed by atoms with Gasteiger partial charge in [-0.15, -0.1) is 0 Å². The van der Waals surface area contributed by atoms with Crippen LogP contribution in [0.3, 0.4) is 0 Å². The fourth-order valence-electron chi connectivity index (χ4n) is 3.10. The van der Waals surface area contributed by atoms with Crippen molar-refractivity contribution in [1.29, 1.82) is 0 Å². The van der Waals surface area contributed by atoms with Gasteiger partial charge in [0.15, 0.2) is 0 Å². The summed E-state index contributed by atoms with van der Waals surface area (Å²) in [5.74, 6) is -0.367. The Balaban J connectivity index is 2.01. The highest BCUT2D eigenvalue weighted by Crippen LogP contribution is 2.29. The van der Waals surface area contributed by atoms with Gasteiger partial charge in [-0.3, -0.25) is 4.79 Å². The van der Waals surface area contributed by atoms with Gasteiger partial charge in [0.1, 0.15) is 36.2 Å². The Kier molecular flexibility index (Phi) is 7.29. The number of hydrogen-bond acceptors (Lipinski definition) is 5. The van der Waals surface area contributed by atoms with Crippen LogP contribution < -0.4 is 16.0 Å². The molecule has 0 radical (unpaired) electrons. The Hall–Kier alpha value is -2.79. The van der Waals surface area contributed by atoms with E-state index in [0.29, 0.717) is 17.9 Å². The minimum absolute atomic E-state index is 0.0336. The van der Waals surface area contributed by atoms with E-state index < -0.39 is 32.5 Å². The third kappa shape index (κ3) is 5.91. The van der Waals surface area contributed by atoms with Crippen molar-refractivity contribution in [1.82, 2.24) is 14.1 Å². The van der Waals surface area contributed by atoms with Gasteiger partial charge in [-0.2, -0.15) is 0 Å². The standard InChI is InChI=1S/C21H27F3N4O3Si/c1-32(2,3)8-7-30-13-28-16-9-14(22)10-17(31-12-18(23)24)20(16)26-19(28)11-27-6-4-5-15(25)21(27)29/h4-6,9-10,18H,7-8,11-13,25H2,1-3H3. The molecule has 0 amide bonds. The third-order valence-electron chi connectivity index (χ3n) is 4.81. The van der Waals surface area contributed by atoms with E-state index in [4.69, 9.17) is 15.2 Å². The normalized spacial score (nSPS) is 12.1. The summed E-state index contributed by atoms with van der Waals surface area (Å²) in [6.07, 6.45) is -1.16. The number of benzene rings is 1. The molecule has 174 valence electrons. The molecule has 0 aliphatic carbocycles. The topological polar surface area (TPSA) is 84.3 Å². The molecule has 2 N–H and O–H groups in total. The first-order chi connectivity index (χ1) is 15.0. The smallest absolute Gasteiger partial charge is 0.274 e. The Morgan fingerprint density at radius 1 is 1.25 bits per heavy atom. The number of nitrogens with zero attached hydrogens (tertiary/aromatic N) is 3. The highest BCUT2D eigenvalue weighted by Gasteiger charge is 2.19. The van der Waals surface area contributed by atoms with Crippen LogP contribution in [0.15, 0.2) is 35.3 Å². The lowest BCUT2D eigenvalue weighted by Gasteiger charge is -2.16. The molecule has 0 fully saturated rings. The summed E-state index contributed by atoms with van der Waals surface area (Å²) in [5, 5.41) is 0. The van der Waals surface area contributed by atoms with E-state index in [-0.39, 0.29) is 30.2 Å². The largest absolute Gasteiger partial charge is 0.485 e. The molecule has 0 bridgehead atoms. The van der Waals surface area contributed by atoms with Crippen LogP contribution in [-0.4, -0.2) is 41.8 Å². The maximum Gasteiger partial charge on any atom is 0.274 e. The van der Waals surface area contributed by atoms with E-state index in [1.165, 1.54) is 16.7 Å². The fourth-order valence-corrected chi connectivity index (χ4v) is 3.86. The summed E-state index contributed by atoms with van der Waals surface area (Å²) in [5.41, 5.74) is 5.94. The molecule has 2 heterocycles. The van der Waals surface area contributed by atoms with Crippen molar-refractivity contribution in [2.24, 2.45) is 0 Å². The fraction of sp³-hybridized carbons (Fsp3) is 0.429. The first-order valence-electron chi connectivity index (χ1n) is 10.2. The molecular weight excluding hydrogens is 441 g/mol. The van der Waals surface area contributed by atoms with Crippen LogP contribution in [0, 0.1) is 5.82 Å². The first kappa shape index (κ1) is 23.9. The Morgan fingerprint density at radius 2 is 2.00 bits per heavy atom. The van der Waals surface area contributed by atoms with Crippen molar-refractivity contribution in [3.05, 3.63) is 52.5 Å². The van der Waals surface area contributed by atoms with Crippen LogP contribution in [0.5, 0.6) is 5.75 Å². The predicted octanol–water partition coefficient (Wildman–Crippen LogP) is 3.92. The summed E-state index contributed by atoms with van der Waals surface area (Å²) < 4.78 is 53.5. The van der Waals surface area contributed by atoms with Gasteiger partial charge >= 0.3 is 0 Å². The predicted molar refractivity (Wildman–Crippen MR) is 120 cm³/mol. The number of nitrogen functional groups attached to an aromatic ring is 1. The summed E-state index contributed by atoms with van der Waals surface area (Å²) >= 11 is 0. The van der Waals surface area contributed by atoms with Crippen molar-refractivity contribution < 1.29 is 22.6 Å². The number of hydrogen-bond donors (Lipinski definition) is 1. The van der Waals surface area contributed by atoms with E-state index in [1.807, 2.05) is 0 Å². The summed E-state index contributed by atoms with van der Waals surface area (Å²) in [6.45, 7) is 6.39. The highest BCUT2D eigenvalue weighted by molar-refractivity contribution is 6.76. The number of alkyl halides is 2. The monoisotopic (exact) mass is 468 g/mol. The van der Waals surface area contributed by atoms with Gasteiger partial charge in [-0.25, -0.2) is 18.2 Å². The second-order valence-corrected chi connectivity index (χ2v) is 14.3. The lowest BCUT2D eigenvalue weighted by atomic mass is 10.3. The van der Waals surface area contributed by atoms with Crippen molar-refractivity contribution in [2.75, 3.05) is 18.9 Å². The highest BCUT2D eigenvalue weighted by atomic mass is 28.3. The van der Waals surface area contributed by atoms with Crippen LogP contribution in [0.4, 0.5) is 18.9 Å². The first-order valence-corrected chi connectivity index (χ1v) is 13.9. The van der Waals surface area contributed by atoms with E-state index in [1.54, 1.807) is 16.8 Å².